The molecular weight excluding hydrogens is 506 g/mol. The Morgan fingerprint density at radius 3 is 2.57 bits per heavy atom. The zero-order chi connectivity index (χ0) is 24.5. The van der Waals surface area contributed by atoms with Crippen LogP contribution in [0, 0.1) is 0 Å². The third kappa shape index (κ3) is 6.61. The molecule has 1 amide bonds. The van der Waals surface area contributed by atoms with Crippen LogP contribution in [0.3, 0.4) is 0 Å². The number of fused-ring (bicyclic) bond motifs is 1. The number of hydrogen-bond donors (Lipinski definition) is 2. The average Bonchev–Trinajstić information content (AvgIpc) is 2.88. The van der Waals surface area contributed by atoms with E-state index in [4.69, 9.17) is 9.47 Å². The normalized spacial score (nSPS) is 10.9. The summed E-state index contributed by atoms with van der Waals surface area (Å²) in [6.07, 6.45) is 1.57. The first-order valence-electron chi connectivity index (χ1n) is 11.3. The molecule has 2 N–H and O–H groups in total. The van der Waals surface area contributed by atoms with E-state index in [1.165, 1.54) is 5.39 Å². The van der Waals surface area contributed by atoms with Gasteiger partial charge >= 0.3 is 0 Å². The number of amides is 1. The van der Waals surface area contributed by atoms with Gasteiger partial charge in [0.2, 0.25) is 0 Å². The second-order valence-corrected chi connectivity index (χ2v) is 8.56. The first kappa shape index (κ1) is 24.3. The van der Waals surface area contributed by atoms with Crippen LogP contribution < -0.4 is 20.2 Å². The van der Waals surface area contributed by atoms with Crippen LogP contribution in [0.25, 0.3) is 10.8 Å². The van der Waals surface area contributed by atoms with Crippen LogP contribution in [0.2, 0.25) is 0 Å². The number of hydrogen-bond acceptors (Lipinski definition) is 5. The molecular formula is C28H26BrN3O3. The lowest BCUT2D eigenvalue weighted by Gasteiger charge is -2.15. The summed E-state index contributed by atoms with van der Waals surface area (Å²) in [5.74, 6) is 0.970. The molecule has 0 aliphatic carbocycles. The standard InChI is InChI=1S/C28H26BrN3O3/c1-2-34-26-16-20(17-31-32-27(33)18-30-23-12-4-3-5-13-23)15-25(29)28(26)35-19-22-11-8-10-21-9-6-7-14-24(21)22/h3-17,30H,2,18-19H2,1H3,(H,32,33)/b31-17-. The number of halogens is 1. The number of nitrogens with zero attached hydrogens (tertiary/aromatic N) is 1. The number of para-hydroxylation sites is 1. The maximum atomic E-state index is 12.1. The van der Waals surface area contributed by atoms with Gasteiger partial charge < -0.3 is 14.8 Å². The van der Waals surface area contributed by atoms with Crippen molar-refractivity contribution in [2.45, 2.75) is 13.5 Å². The predicted molar refractivity (Wildman–Crippen MR) is 144 cm³/mol. The van der Waals surface area contributed by atoms with Gasteiger partial charge in [-0.05, 0) is 69.0 Å². The average molecular weight is 532 g/mol. The smallest absolute Gasteiger partial charge is 0.259 e. The van der Waals surface area contributed by atoms with E-state index in [0.29, 0.717) is 24.7 Å². The van der Waals surface area contributed by atoms with Gasteiger partial charge in [0.05, 0.1) is 23.8 Å². The molecule has 0 atom stereocenters. The van der Waals surface area contributed by atoms with Gasteiger partial charge in [0.1, 0.15) is 6.61 Å². The van der Waals surface area contributed by atoms with Crippen molar-refractivity contribution in [3.8, 4) is 11.5 Å². The monoisotopic (exact) mass is 531 g/mol. The summed E-state index contributed by atoms with van der Waals surface area (Å²) in [7, 11) is 0. The largest absolute Gasteiger partial charge is 0.490 e. The zero-order valence-corrected chi connectivity index (χ0v) is 20.9. The molecule has 0 saturated heterocycles. The molecule has 0 aliphatic heterocycles. The molecule has 0 aromatic heterocycles. The molecule has 0 aliphatic rings. The minimum atomic E-state index is -0.246. The van der Waals surface area contributed by atoms with Crippen molar-refractivity contribution in [2.75, 3.05) is 18.5 Å². The van der Waals surface area contributed by atoms with E-state index in [1.807, 2.05) is 67.6 Å². The quantitative estimate of drug-likeness (QED) is 0.190. The van der Waals surface area contributed by atoms with E-state index >= 15 is 0 Å². The fraction of sp³-hybridized carbons (Fsp3) is 0.143. The fourth-order valence-corrected chi connectivity index (χ4v) is 4.16. The van der Waals surface area contributed by atoms with Gasteiger partial charge in [-0.25, -0.2) is 5.43 Å². The highest BCUT2D eigenvalue weighted by atomic mass is 79.9. The second-order valence-electron chi connectivity index (χ2n) is 7.70. The van der Waals surface area contributed by atoms with Crippen LogP contribution in [0.1, 0.15) is 18.1 Å². The van der Waals surface area contributed by atoms with Gasteiger partial charge in [0.15, 0.2) is 11.5 Å². The second kappa shape index (κ2) is 12.0. The highest BCUT2D eigenvalue weighted by molar-refractivity contribution is 9.10. The topological polar surface area (TPSA) is 72.0 Å². The van der Waals surface area contributed by atoms with Crippen LogP contribution in [-0.2, 0) is 11.4 Å². The highest BCUT2D eigenvalue weighted by Crippen LogP contribution is 2.37. The van der Waals surface area contributed by atoms with E-state index in [2.05, 4.69) is 56.0 Å². The van der Waals surface area contributed by atoms with E-state index in [-0.39, 0.29) is 12.5 Å². The number of hydrazone groups is 1. The number of benzene rings is 4. The third-order valence-corrected chi connectivity index (χ3v) is 5.80. The lowest BCUT2D eigenvalue weighted by molar-refractivity contribution is -0.119. The first-order valence-corrected chi connectivity index (χ1v) is 12.1. The molecule has 4 aromatic carbocycles. The molecule has 0 spiro atoms. The van der Waals surface area contributed by atoms with Gasteiger partial charge in [-0.2, -0.15) is 5.10 Å². The van der Waals surface area contributed by atoms with Gasteiger partial charge in [-0.1, -0.05) is 60.7 Å². The predicted octanol–water partition coefficient (Wildman–Crippen LogP) is 6.14. The van der Waals surface area contributed by atoms with Crippen LogP contribution >= 0.6 is 15.9 Å². The molecule has 7 heteroatoms. The SMILES string of the molecule is CCOc1cc(/C=N\NC(=O)CNc2ccccc2)cc(Br)c1OCc1cccc2ccccc12. The highest BCUT2D eigenvalue weighted by Gasteiger charge is 2.13. The summed E-state index contributed by atoms with van der Waals surface area (Å²) in [5, 5.41) is 9.45. The van der Waals surface area contributed by atoms with E-state index < -0.39 is 0 Å². The Hall–Kier alpha value is -3.84. The minimum Gasteiger partial charge on any atom is -0.490 e. The maximum absolute atomic E-state index is 12.1. The van der Waals surface area contributed by atoms with Crippen molar-refractivity contribution in [3.05, 3.63) is 101 Å². The Bertz CT molecular complexity index is 1320. The molecule has 0 fully saturated rings. The number of ether oxygens (including phenoxy) is 2. The first-order chi connectivity index (χ1) is 17.1. The number of carbonyl (C=O) groups excluding carboxylic acids is 1. The molecule has 0 bridgehead atoms. The fourth-order valence-electron chi connectivity index (χ4n) is 3.59. The van der Waals surface area contributed by atoms with Crippen molar-refractivity contribution < 1.29 is 14.3 Å². The van der Waals surface area contributed by atoms with E-state index in [0.717, 1.165) is 26.7 Å². The molecule has 0 unspecified atom stereocenters. The molecule has 0 heterocycles. The molecule has 0 radical (unpaired) electrons. The number of carbonyl (C=O) groups is 1. The number of nitrogens with one attached hydrogen (secondary N) is 2. The third-order valence-electron chi connectivity index (χ3n) is 5.21. The number of anilines is 1. The maximum Gasteiger partial charge on any atom is 0.259 e. The van der Waals surface area contributed by atoms with Gasteiger partial charge in [0, 0.05) is 5.69 Å². The van der Waals surface area contributed by atoms with Gasteiger partial charge in [-0.15, -0.1) is 0 Å². The van der Waals surface area contributed by atoms with Crippen molar-refractivity contribution >= 4 is 44.5 Å². The lowest BCUT2D eigenvalue weighted by atomic mass is 10.1. The Balaban J connectivity index is 1.42. The van der Waals surface area contributed by atoms with Crippen molar-refractivity contribution in [3.63, 3.8) is 0 Å². The summed E-state index contributed by atoms with van der Waals surface area (Å²) >= 11 is 3.60. The molecule has 6 nitrogen and oxygen atoms in total. The Kier molecular flexibility index (Phi) is 8.35. The number of rotatable bonds is 10. The van der Waals surface area contributed by atoms with E-state index in [9.17, 15) is 4.79 Å². The lowest BCUT2D eigenvalue weighted by Crippen LogP contribution is -2.25. The van der Waals surface area contributed by atoms with Crippen LogP contribution in [0.5, 0.6) is 11.5 Å². The summed E-state index contributed by atoms with van der Waals surface area (Å²) in [4.78, 5) is 12.1. The Morgan fingerprint density at radius 1 is 0.971 bits per heavy atom. The van der Waals surface area contributed by atoms with E-state index in [1.54, 1.807) is 6.21 Å². The van der Waals surface area contributed by atoms with Crippen molar-refractivity contribution in [2.24, 2.45) is 5.10 Å². The van der Waals surface area contributed by atoms with Crippen LogP contribution in [0.4, 0.5) is 5.69 Å². The minimum absolute atomic E-state index is 0.121. The molecule has 178 valence electrons. The Morgan fingerprint density at radius 2 is 1.74 bits per heavy atom. The molecule has 35 heavy (non-hydrogen) atoms. The molecule has 4 rings (SSSR count). The summed E-state index contributed by atoms with van der Waals surface area (Å²) in [6.45, 7) is 2.93. The summed E-state index contributed by atoms with van der Waals surface area (Å²) in [5.41, 5.74) is 5.25. The van der Waals surface area contributed by atoms with Crippen LogP contribution in [-0.4, -0.2) is 25.3 Å². The Labute approximate surface area is 213 Å². The van der Waals surface area contributed by atoms with Crippen molar-refractivity contribution in [1.29, 1.82) is 0 Å². The summed E-state index contributed by atoms with van der Waals surface area (Å²) < 4.78 is 12.8. The molecule has 4 aromatic rings. The van der Waals surface area contributed by atoms with Gasteiger partial charge in [-0.3, -0.25) is 4.79 Å². The van der Waals surface area contributed by atoms with Crippen molar-refractivity contribution in [1.82, 2.24) is 5.43 Å². The zero-order valence-electron chi connectivity index (χ0n) is 19.3. The van der Waals surface area contributed by atoms with Gasteiger partial charge in [0.25, 0.3) is 5.91 Å². The van der Waals surface area contributed by atoms with Crippen LogP contribution in [0.15, 0.2) is 94.5 Å². The molecule has 0 saturated carbocycles. The summed E-state index contributed by atoms with van der Waals surface area (Å²) in [6, 6.07) is 27.6.